The number of alkyl halides is 3. The molecular weight excluding hydrogens is 409 g/mol. The van der Waals surface area contributed by atoms with E-state index in [2.05, 4.69) is 4.98 Å². The second kappa shape index (κ2) is 10.4. The number of hydrogen-bond donors (Lipinski definition) is 1. The molecule has 3 rings (SSSR count). The predicted octanol–water partition coefficient (Wildman–Crippen LogP) is 3.44. The van der Waals surface area contributed by atoms with Crippen molar-refractivity contribution in [2.45, 2.75) is 39.1 Å². The molecule has 2 aromatic heterocycles. The summed E-state index contributed by atoms with van der Waals surface area (Å²) >= 11 is 1.64. The van der Waals surface area contributed by atoms with E-state index in [0.29, 0.717) is 26.2 Å². The Bertz CT molecular complexity index is 825. The van der Waals surface area contributed by atoms with Crippen LogP contribution in [-0.4, -0.2) is 46.2 Å². The lowest BCUT2D eigenvalue weighted by Gasteiger charge is -2.29. The normalized spacial score (nSPS) is 13.3. The number of rotatable bonds is 5. The van der Waals surface area contributed by atoms with E-state index in [0.717, 1.165) is 29.0 Å². The van der Waals surface area contributed by atoms with Gasteiger partial charge in [0.1, 0.15) is 0 Å². The van der Waals surface area contributed by atoms with Gasteiger partial charge in [-0.2, -0.15) is 13.2 Å². The van der Waals surface area contributed by atoms with Gasteiger partial charge >= 0.3 is 12.1 Å². The third-order valence-electron chi connectivity index (χ3n) is 4.19. The molecule has 0 unspecified atom stereocenters. The maximum Gasteiger partial charge on any atom is 0.490 e. The summed E-state index contributed by atoms with van der Waals surface area (Å²) in [6.07, 6.45) is 0.0719. The number of carboxylic acids is 1. The highest BCUT2D eigenvalue weighted by Gasteiger charge is 2.38. The third-order valence-corrected chi connectivity index (χ3v) is 5.07. The quantitative estimate of drug-likeness (QED) is 0.786. The van der Waals surface area contributed by atoms with Crippen LogP contribution < -0.4 is 0 Å². The number of nitrogens with zero attached hydrogens (tertiary/aromatic N) is 2. The molecule has 2 aromatic rings. The van der Waals surface area contributed by atoms with Crippen molar-refractivity contribution in [1.29, 1.82) is 0 Å². The van der Waals surface area contributed by atoms with Crippen molar-refractivity contribution in [3.8, 4) is 0 Å². The first-order valence-corrected chi connectivity index (χ1v) is 9.73. The number of thiophene rings is 1. The number of carboxylic acid groups (broad SMARTS) is 1. The minimum absolute atomic E-state index is 0.198. The van der Waals surface area contributed by atoms with Crippen molar-refractivity contribution in [3.63, 3.8) is 0 Å². The smallest absolute Gasteiger partial charge is 0.475 e. The highest BCUT2D eigenvalue weighted by atomic mass is 32.1. The van der Waals surface area contributed by atoms with Gasteiger partial charge < -0.3 is 14.7 Å². The van der Waals surface area contributed by atoms with Crippen LogP contribution in [0.5, 0.6) is 0 Å². The average molecular weight is 430 g/mol. The Morgan fingerprint density at radius 1 is 1.34 bits per heavy atom. The van der Waals surface area contributed by atoms with Crippen molar-refractivity contribution in [1.82, 2.24) is 9.88 Å². The van der Waals surface area contributed by atoms with Crippen molar-refractivity contribution in [2.24, 2.45) is 0 Å². The fourth-order valence-electron chi connectivity index (χ4n) is 2.79. The van der Waals surface area contributed by atoms with Crippen molar-refractivity contribution in [3.05, 3.63) is 51.5 Å². The molecule has 1 N–H and O–H groups in total. The van der Waals surface area contributed by atoms with Crippen LogP contribution in [0.2, 0.25) is 0 Å². The lowest BCUT2D eigenvalue weighted by atomic mass is 9.97. The Labute approximate surface area is 169 Å². The summed E-state index contributed by atoms with van der Waals surface area (Å²) in [6, 6.07) is 4.00. The highest BCUT2D eigenvalue weighted by molar-refractivity contribution is 7.10. The van der Waals surface area contributed by atoms with Gasteiger partial charge in [-0.15, -0.1) is 11.3 Å². The van der Waals surface area contributed by atoms with Crippen LogP contribution in [0.25, 0.3) is 0 Å². The minimum atomic E-state index is -5.08. The first-order valence-electron chi connectivity index (χ1n) is 8.85. The Balaban J connectivity index is 0.000000370. The van der Waals surface area contributed by atoms with Gasteiger partial charge in [0.05, 0.1) is 13.0 Å². The summed E-state index contributed by atoms with van der Waals surface area (Å²) in [5, 5.41) is 9.14. The molecule has 3 heterocycles. The maximum atomic E-state index is 12.4. The fraction of sp³-hybridized carbons (Fsp3) is 0.421. The van der Waals surface area contributed by atoms with E-state index < -0.39 is 12.1 Å². The van der Waals surface area contributed by atoms with E-state index >= 15 is 0 Å². The first kappa shape index (κ1) is 22.8. The van der Waals surface area contributed by atoms with Crippen LogP contribution in [0.15, 0.2) is 29.9 Å². The van der Waals surface area contributed by atoms with Crippen molar-refractivity contribution in [2.75, 3.05) is 13.2 Å². The number of carbonyl (C=O) groups excluding carboxylic acids is 1. The number of pyridine rings is 1. The van der Waals surface area contributed by atoms with Gasteiger partial charge in [-0.3, -0.25) is 9.78 Å². The predicted molar refractivity (Wildman–Crippen MR) is 100 cm³/mol. The van der Waals surface area contributed by atoms with Gasteiger partial charge in [0.15, 0.2) is 0 Å². The van der Waals surface area contributed by atoms with Gasteiger partial charge in [-0.05, 0) is 41.5 Å². The summed E-state index contributed by atoms with van der Waals surface area (Å²) in [4.78, 5) is 28.7. The highest BCUT2D eigenvalue weighted by Crippen LogP contribution is 2.23. The lowest BCUT2D eigenvalue weighted by molar-refractivity contribution is -0.192. The topological polar surface area (TPSA) is 79.7 Å². The van der Waals surface area contributed by atoms with Gasteiger partial charge in [0, 0.05) is 37.0 Å². The molecule has 0 radical (unpaired) electrons. The van der Waals surface area contributed by atoms with Crippen molar-refractivity contribution < 1.29 is 32.6 Å². The first-order chi connectivity index (χ1) is 13.7. The molecule has 0 aromatic carbocycles. The molecule has 0 atom stereocenters. The Morgan fingerprint density at radius 3 is 2.66 bits per heavy atom. The molecule has 1 amide bonds. The van der Waals surface area contributed by atoms with Crippen LogP contribution in [0.1, 0.15) is 28.5 Å². The average Bonchev–Trinajstić information content (AvgIpc) is 3.18. The van der Waals surface area contributed by atoms with E-state index in [-0.39, 0.29) is 5.91 Å². The zero-order valence-corrected chi connectivity index (χ0v) is 16.6. The van der Waals surface area contributed by atoms with Crippen LogP contribution >= 0.6 is 11.3 Å². The molecule has 29 heavy (non-hydrogen) atoms. The lowest BCUT2D eigenvalue weighted by Crippen LogP contribution is -2.37. The molecule has 158 valence electrons. The van der Waals surface area contributed by atoms with Crippen LogP contribution in [0.3, 0.4) is 0 Å². The zero-order valence-electron chi connectivity index (χ0n) is 15.7. The van der Waals surface area contributed by atoms with E-state index in [9.17, 15) is 18.0 Å². The molecule has 0 saturated carbocycles. The second-order valence-corrected chi connectivity index (χ2v) is 7.23. The summed E-state index contributed by atoms with van der Waals surface area (Å²) in [5.74, 6) is -2.56. The molecule has 0 spiro atoms. The number of fused-ring (bicyclic) bond motifs is 1. The summed E-state index contributed by atoms with van der Waals surface area (Å²) in [7, 11) is 0. The molecule has 0 bridgehead atoms. The number of amides is 1. The largest absolute Gasteiger partial charge is 0.490 e. The van der Waals surface area contributed by atoms with E-state index in [1.807, 2.05) is 41.7 Å². The van der Waals surface area contributed by atoms with Crippen LogP contribution in [-0.2, 0) is 40.3 Å². The number of hydrogen-bond acceptors (Lipinski definition) is 5. The molecule has 0 aliphatic carbocycles. The molecule has 0 fully saturated rings. The molecule has 6 nitrogen and oxygen atoms in total. The van der Waals surface area contributed by atoms with Crippen molar-refractivity contribution >= 4 is 23.2 Å². The number of aromatic nitrogens is 1. The number of halogens is 3. The second-order valence-electron chi connectivity index (χ2n) is 6.20. The number of aliphatic carboxylic acids is 1. The fourth-order valence-corrected chi connectivity index (χ4v) is 3.49. The Kier molecular flexibility index (Phi) is 8.15. The number of ether oxygens (including phenoxy) is 1. The molecule has 0 saturated heterocycles. The standard InChI is InChI=1S/C17H20N2O2S.C2HF3O2/c1-2-21-12-14-10-18-9-13-11-19(6-5-16(13)14)17(20)8-15-4-3-7-22-15;3-2(4,5)1(6)7/h3-4,7,9-10H,2,5-6,8,11-12H2,1H3;(H,6,7). The third kappa shape index (κ3) is 6.82. The molecule has 1 aliphatic rings. The van der Waals surface area contributed by atoms with E-state index in [1.165, 1.54) is 5.56 Å². The van der Waals surface area contributed by atoms with E-state index in [4.69, 9.17) is 14.6 Å². The summed E-state index contributed by atoms with van der Waals surface area (Å²) in [6.45, 7) is 4.74. The molecule has 1 aliphatic heterocycles. The van der Waals surface area contributed by atoms with Crippen LogP contribution in [0, 0.1) is 0 Å². The van der Waals surface area contributed by atoms with Gasteiger partial charge in [0.25, 0.3) is 0 Å². The summed E-state index contributed by atoms with van der Waals surface area (Å²) in [5.41, 5.74) is 3.62. The van der Waals surface area contributed by atoms with E-state index in [1.54, 1.807) is 11.3 Å². The van der Waals surface area contributed by atoms with Gasteiger partial charge in [-0.1, -0.05) is 6.07 Å². The molecule has 10 heteroatoms. The zero-order chi connectivity index (χ0) is 21.4. The van der Waals surface area contributed by atoms with Crippen LogP contribution in [0.4, 0.5) is 13.2 Å². The minimum Gasteiger partial charge on any atom is -0.475 e. The maximum absolute atomic E-state index is 12.4. The number of carbonyl (C=O) groups is 2. The molecular formula is C19H21F3N2O4S. The Morgan fingerprint density at radius 2 is 2.07 bits per heavy atom. The van der Waals surface area contributed by atoms with Gasteiger partial charge in [-0.25, -0.2) is 4.79 Å². The SMILES string of the molecule is CCOCc1cncc2c1CCN(C(=O)Cc1cccs1)C2.O=C(O)C(F)(F)F. The monoisotopic (exact) mass is 430 g/mol. The Hall–Kier alpha value is -2.46. The summed E-state index contributed by atoms with van der Waals surface area (Å²) < 4.78 is 37.2. The van der Waals surface area contributed by atoms with Gasteiger partial charge in [0.2, 0.25) is 5.91 Å².